The summed E-state index contributed by atoms with van der Waals surface area (Å²) in [4.78, 5) is 4.23. The third kappa shape index (κ3) is 1.59. The van der Waals surface area contributed by atoms with Gasteiger partial charge in [-0.3, -0.25) is 0 Å². The van der Waals surface area contributed by atoms with Gasteiger partial charge < -0.3 is 5.73 Å². The van der Waals surface area contributed by atoms with Crippen LogP contribution >= 0.6 is 11.3 Å². The van der Waals surface area contributed by atoms with Crippen molar-refractivity contribution < 1.29 is 4.39 Å². The van der Waals surface area contributed by atoms with E-state index in [2.05, 4.69) is 4.98 Å². The number of hydrogen-bond donors (Lipinski definition) is 1. The van der Waals surface area contributed by atoms with Crippen LogP contribution in [0.15, 0.2) is 6.07 Å². The Labute approximate surface area is 91.9 Å². The van der Waals surface area contributed by atoms with Crippen LogP contribution in [0.1, 0.15) is 30.9 Å². The lowest BCUT2D eigenvalue weighted by Crippen LogP contribution is -1.95. The predicted octanol–water partition coefficient (Wildman–Crippen LogP) is 3.45. The van der Waals surface area contributed by atoms with E-state index in [1.54, 1.807) is 0 Å². The summed E-state index contributed by atoms with van der Waals surface area (Å²) >= 11 is 1.36. The summed E-state index contributed by atoms with van der Waals surface area (Å²) in [7, 11) is 0. The summed E-state index contributed by atoms with van der Waals surface area (Å²) in [6.45, 7) is 5.81. The van der Waals surface area contributed by atoms with E-state index in [0.717, 1.165) is 21.3 Å². The molecule has 0 atom stereocenters. The number of nitrogen functional groups attached to an aromatic ring is 1. The maximum Gasteiger partial charge on any atom is 0.181 e. The highest BCUT2D eigenvalue weighted by Gasteiger charge is 2.16. The smallest absolute Gasteiger partial charge is 0.181 e. The number of aryl methyl sites for hydroxylation is 1. The van der Waals surface area contributed by atoms with Gasteiger partial charge in [0.05, 0.1) is 10.2 Å². The van der Waals surface area contributed by atoms with E-state index in [0.29, 0.717) is 5.13 Å². The van der Waals surface area contributed by atoms with Gasteiger partial charge in [-0.25, -0.2) is 9.37 Å². The molecule has 0 bridgehead atoms. The van der Waals surface area contributed by atoms with E-state index in [4.69, 9.17) is 5.73 Å². The monoisotopic (exact) mass is 224 g/mol. The van der Waals surface area contributed by atoms with Crippen LogP contribution < -0.4 is 5.73 Å². The van der Waals surface area contributed by atoms with Crippen LogP contribution in [0.3, 0.4) is 0 Å². The average molecular weight is 224 g/mol. The standard InChI is InChI=1S/C11H13FN2S/c1-5(2)8-7(12)4-6(3)9-10(8)15-11(13)14-9/h4-5H,1-3H3,(H2,13,14). The van der Waals surface area contributed by atoms with Crippen LogP contribution in [0.2, 0.25) is 0 Å². The lowest BCUT2D eigenvalue weighted by atomic mass is 10.0. The van der Waals surface area contributed by atoms with Gasteiger partial charge in [0, 0.05) is 5.56 Å². The number of rotatable bonds is 1. The minimum absolute atomic E-state index is 0.146. The Bertz CT molecular complexity index is 517. The molecule has 2 N–H and O–H groups in total. The third-order valence-corrected chi connectivity index (χ3v) is 3.36. The number of nitrogens with two attached hydrogens (primary N) is 1. The van der Waals surface area contributed by atoms with Crippen molar-refractivity contribution in [2.45, 2.75) is 26.7 Å². The number of nitrogens with zero attached hydrogens (tertiary/aromatic N) is 1. The predicted molar refractivity (Wildman–Crippen MR) is 62.8 cm³/mol. The average Bonchev–Trinajstić information content (AvgIpc) is 2.45. The van der Waals surface area contributed by atoms with Crippen molar-refractivity contribution in [2.24, 2.45) is 0 Å². The summed E-state index contributed by atoms with van der Waals surface area (Å²) in [5.74, 6) is -0.00778. The molecule has 80 valence electrons. The third-order valence-electron chi connectivity index (χ3n) is 2.44. The van der Waals surface area contributed by atoms with Crippen LogP contribution in [0.5, 0.6) is 0 Å². The van der Waals surface area contributed by atoms with Gasteiger partial charge >= 0.3 is 0 Å². The molecule has 2 nitrogen and oxygen atoms in total. The molecule has 2 rings (SSSR count). The Morgan fingerprint density at radius 1 is 1.47 bits per heavy atom. The molecule has 0 unspecified atom stereocenters. The molecule has 4 heteroatoms. The number of thiazole rings is 1. The van der Waals surface area contributed by atoms with Crippen LogP contribution in [-0.2, 0) is 0 Å². The van der Waals surface area contributed by atoms with Crippen LogP contribution in [0, 0.1) is 12.7 Å². The normalized spacial score (nSPS) is 11.5. The van der Waals surface area contributed by atoms with Gasteiger partial charge in [0.1, 0.15) is 5.82 Å². The molecule has 15 heavy (non-hydrogen) atoms. The van der Waals surface area contributed by atoms with E-state index < -0.39 is 0 Å². The number of hydrogen-bond acceptors (Lipinski definition) is 3. The number of fused-ring (bicyclic) bond motifs is 1. The summed E-state index contributed by atoms with van der Waals surface area (Å²) in [6, 6.07) is 1.54. The van der Waals surface area contributed by atoms with E-state index in [1.165, 1.54) is 17.4 Å². The fourth-order valence-electron chi connectivity index (χ4n) is 1.77. The minimum Gasteiger partial charge on any atom is -0.375 e. The Balaban J connectivity index is 2.89. The number of anilines is 1. The summed E-state index contributed by atoms with van der Waals surface area (Å²) in [6.07, 6.45) is 0. The Hall–Kier alpha value is -1.16. The van der Waals surface area contributed by atoms with Crippen molar-refractivity contribution in [1.82, 2.24) is 4.98 Å². The fraction of sp³-hybridized carbons (Fsp3) is 0.364. The SMILES string of the molecule is Cc1cc(F)c(C(C)C)c2sc(N)nc12. The highest BCUT2D eigenvalue weighted by molar-refractivity contribution is 7.22. The Morgan fingerprint density at radius 3 is 2.73 bits per heavy atom. The van der Waals surface area contributed by atoms with E-state index >= 15 is 0 Å². The molecule has 0 amide bonds. The number of aromatic nitrogens is 1. The molecule has 2 aromatic rings. The second kappa shape index (κ2) is 3.45. The minimum atomic E-state index is -0.154. The second-order valence-corrected chi connectivity index (χ2v) is 5.00. The number of benzene rings is 1. The summed E-state index contributed by atoms with van der Waals surface area (Å²) < 4.78 is 14.7. The van der Waals surface area contributed by atoms with Crippen molar-refractivity contribution in [3.05, 3.63) is 23.0 Å². The van der Waals surface area contributed by atoms with E-state index in [-0.39, 0.29) is 11.7 Å². The quantitative estimate of drug-likeness (QED) is 0.805. The van der Waals surface area contributed by atoms with Crippen molar-refractivity contribution in [1.29, 1.82) is 0 Å². The van der Waals surface area contributed by atoms with Crippen LogP contribution in [-0.4, -0.2) is 4.98 Å². The molecule has 0 aliphatic carbocycles. The first-order valence-corrected chi connectivity index (χ1v) is 5.67. The van der Waals surface area contributed by atoms with Gasteiger partial charge in [0.15, 0.2) is 5.13 Å². The molecule has 0 radical (unpaired) electrons. The van der Waals surface area contributed by atoms with Crippen molar-refractivity contribution >= 4 is 26.7 Å². The summed E-state index contributed by atoms with van der Waals surface area (Å²) in [5, 5.41) is 0.501. The van der Waals surface area contributed by atoms with Gasteiger partial charge in [0.25, 0.3) is 0 Å². The van der Waals surface area contributed by atoms with Crippen molar-refractivity contribution in [3.63, 3.8) is 0 Å². The molecule has 1 heterocycles. The van der Waals surface area contributed by atoms with Crippen LogP contribution in [0.4, 0.5) is 9.52 Å². The van der Waals surface area contributed by atoms with Gasteiger partial charge in [0.2, 0.25) is 0 Å². The molecule has 0 saturated carbocycles. The van der Waals surface area contributed by atoms with Gasteiger partial charge in [-0.15, -0.1) is 0 Å². The molecular formula is C11H13FN2S. The second-order valence-electron chi connectivity index (χ2n) is 3.97. The molecule has 1 aromatic carbocycles. The number of halogens is 1. The topological polar surface area (TPSA) is 38.9 Å². The highest BCUT2D eigenvalue weighted by atomic mass is 32.1. The highest BCUT2D eigenvalue weighted by Crippen LogP contribution is 2.35. The lowest BCUT2D eigenvalue weighted by molar-refractivity contribution is 0.601. The van der Waals surface area contributed by atoms with E-state index in [1.807, 2.05) is 20.8 Å². The zero-order valence-corrected chi connectivity index (χ0v) is 9.78. The van der Waals surface area contributed by atoms with Crippen molar-refractivity contribution in [3.8, 4) is 0 Å². The van der Waals surface area contributed by atoms with Crippen LogP contribution in [0.25, 0.3) is 10.2 Å². The van der Waals surface area contributed by atoms with Gasteiger partial charge in [-0.2, -0.15) is 0 Å². The zero-order valence-electron chi connectivity index (χ0n) is 8.97. The molecule has 0 fully saturated rings. The fourth-order valence-corrected chi connectivity index (χ4v) is 2.86. The maximum absolute atomic E-state index is 13.8. The molecule has 0 aliphatic rings. The first kappa shape index (κ1) is 10.4. The molecule has 1 aromatic heterocycles. The first-order valence-electron chi connectivity index (χ1n) is 4.85. The summed E-state index contributed by atoms with van der Waals surface area (Å²) in [5.41, 5.74) is 8.07. The van der Waals surface area contributed by atoms with Crippen molar-refractivity contribution in [2.75, 3.05) is 5.73 Å². The molecule has 0 aliphatic heterocycles. The first-order chi connectivity index (χ1) is 7.00. The van der Waals surface area contributed by atoms with Gasteiger partial charge in [-0.1, -0.05) is 25.2 Å². The molecule has 0 saturated heterocycles. The Kier molecular flexibility index (Phi) is 2.38. The van der Waals surface area contributed by atoms with E-state index in [9.17, 15) is 4.39 Å². The Morgan fingerprint density at radius 2 is 2.13 bits per heavy atom. The lowest BCUT2D eigenvalue weighted by Gasteiger charge is -2.09. The van der Waals surface area contributed by atoms with Gasteiger partial charge in [-0.05, 0) is 24.5 Å². The molecular weight excluding hydrogens is 211 g/mol. The maximum atomic E-state index is 13.8. The zero-order chi connectivity index (χ0) is 11.2. The molecule has 0 spiro atoms. The largest absolute Gasteiger partial charge is 0.375 e.